The Balaban J connectivity index is 0.00000364. The molecule has 5 atom stereocenters. The molecule has 160 valence electrons. The van der Waals surface area contributed by atoms with Crippen LogP contribution in [0, 0.1) is 11.8 Å². The van der Waals surface area contributed by atoms with E-state index in [-0.39, 0.29) is 24.0 Å². The summed E-state index contributed by atoms with van der Waals surface area (Å²) in [5.41, 5.74) is 0. The lowest BCUT2D eigenvalue weighted by Gasteiger charge is -2.35. The Kier molecular flexibility index (Phi) is 12.4. The predicted molar refractivity (Wildman–Crippen MR) is 129 cm³/mol. The Bertz CT molecular complexity index is 467. The van der Waals surface area contributed by atoms with E-state index in [1.54, 1.807) is 0 Å². The third kappa shape index (κ3) is 8.98. The van der Waals surface area contributed by atoms with Crippen LogP contribution in [0.15, 0.2) is 4.99 Å². The second-order valence-corrected chi connectivity index (χ2v) is 10.4. The van der Waals surface area contributed by atoms with Crippen LogP contribution >= 0.6 is 24.0 Å². The van der Waals surface area contributed by atoms with E-state index in [9.17, 15) is 4.21 Å². The van der Waals surface area contributed by atoms with Crippen molar-refractivity contribution in [3.8, 4) is 0 Å². The molecule has 0 aromatic rings. The molecule has 1 saturated carbocycles. The molecule has 0 aromatic heterocycles. The normalized spacial score (nSPS) is 31.0. The van der Waals surface area contributed by atoms with Gasteiger partial charge in [0.1, 0.15) is 0 Å². The first kappa shape index (κ1) is 25.1. The minimum Gasteiger partial charge on any atom is -0.356 e. The fourth-order valence-corrected chi connectivity index (χ4v) is 5.97. The van der Waals surface area contributed by atoms with Crippen molar-refractivity contribution in [2.24, 2.45) is 16.8 Å². The zero-order valence-corrected chi connectivity index (χ0v) is 20.9. The molecule has 5 unspecified atom stereocenters. The number of nitrogens with zero attached hydrogens (tertiary/aromatic N) is 2. The summed E-state index contributed by atoms with van der Waals surface area (Å²) in [4.78, 5) is 7.00. The minimum atomic E-state index is -0.672. The zero-order valence-electron chi connectivity index (χ0n) is 17.7. The van der Waals surface area contributed by atoms with Crippen LogP contribution in [0.25, 0.3) is 0 Å². The molecule has 1 heterocycles. The number of likely N-dealkylation sites (tertiary alicyclic amines) is 1. The number of piperidine rings is 1. The number of guanidine groups is 1. The molecule has 2 N–H and O–H groups in total. The predicted octanol–water partition coefficient (Wildman–Crippen LogP) is 3.22. The number of hydrogen-bond acceptors (Lipinski definition) is 3. The highest BCUT2D eigenvalue weighted by Crippen LogP contribution is 2.23. The third-order valence-electron chi connectivity index (χ3n) is 5.73. The summed E-state index contributed by atoms with van der Waals surface area (Å²) in [5.74, 6) is 3.33. The fraction of sp³-hybridized carbons (Fsp3) is 0.950. The summed E-state index contributed by atoms with van der Waals surface area (Å²) in [6, 6.07) is 0.402. The Morgan fingerprint density at radius 3 is 2.52 bits per heavy atom. The summed E-state index contributed by atoms with van der Waals surface area (Å²) in [6.45, 7) is 11.4. The van der Waals surface area contributed by atoms with E-state index in [0.717, 1.165) is 62.2 Å². The van der Waals surface area contributed by atoms with E-state index >= 15 is 0 Å². The lowest BCUT2D eigenvalue weighted by Crippen LogP contribution is -2.47. The van der Waals surface area contributed by atoms with E-state index in [0.29, 0.717) is 11.3 Å². The van der Waals surface area contributed by atoms with Crippen LogP contribution in [0.3, 0.4) is 0 Å². The molecule has 2 rings (SSSR count). The lowest BCUT2D eigenvalue weighted by molar-refractivity contribution is 0.140. The molecule has 5 nitrogen and oxygen atoms in total. The van der Waals surface area contributed by atoms with Gasteiger partial charge in [0.15, 0.2) is 5.96 Å². The summed E-state index contributed by atoms with van der Waals surface area (Å²) >= 11 is 0. The van der Waals surface area contributed by atoms with Crippen molar-refractivity contribution in [1.82, 2.24) is 15.5 Å². The van der Waals surface area contributed by atoms with E-state index in [4.69, 9.17) is 0 Å². The average Bonchev–Trinajstić information content (AvgIpc) is 2.63. The van der Waals surface area contributed by atoms with E-state index in [1.165, 1.54) is 26.1 Å². The summed E-state index contributed by atoms with van der Waals surface area (Å²) in [6.07, 6.45) is 6.95. The first-order valence-corrected chi connectivity index (χ1v) is 12.0. The van der Waals surface area contributed by atoms with Crippen molar-refractivity contribution in [1.29, 1.82) is 0 Å². The van der Waals surface area contributed by atoms with Gasteiger partial charge in [-0.25, -0.2) is 0 Å². The molecule has 0 amide bonds. The molecule has 7 heteroatoms. The highest BCUT2D eigenvalue weighted by Gasteiger charge is 2.26. The highest BCUT2D eigenvalue weighted by atomic mass is 127. The van der Waals surface area contributed by atoms with Crippen LogP contribution in [0.1, 0.15) is 59.3 Å². The fourth-order valence-electron chi connectivity index (χ4n) is 4.62. The third-order valence-corrected chi connectivity index (χ3v) is 7.48. The van der Waals surface area contributed by atoms with Crippen LogP contribution < -0.4 is 10.6 Å². The number of rotatable bonds is 7. The van der Waals surface area contributed by atoms with E-state index < -0.39 is 10.8 Å². The second kappa shape index (κ2) is 13.4. The van der Waals surface area contributed by atoms with Crippen LogP contribution in [0.5, 0.6) is 0 Å². The van der Waals surface area contributed by atoms with Crippen molar-refractivity contribution in [3.63, 3.8) is 0 Å². The zero-order chi connectivity index (χ0) is 18.9. The molecule has 0 aromatic carbocycles. The topological polar surface area (TPSA) is 56.7 Å². The summed E-state index contributed by atoms with van der Waals surface area (Å²) in [5, 5.41) is 7.39. The quantitative estimate of drug-likeness (QED) is 0.238. The largest absolute Gasteiger partial charge is 0.356 e. The maximum atomic E-state index is 12.1. The molecule has 1 aliphatic carbocycles. The number of nitrogens with one attached hydrogen (secondary N) is 2. The molecule has 1 aliphatic heterocycles. The minimum absolute atomic E-state index is 0. The van der Waals surface area contributed by atoms with Gasteiger partial charge in [-0.1, -0.05) is 27.2 Å². The van der Waals surface area contributed by atoms with Gasteiger partial charge in [0, 0.05) is 54.5 Å². The highest BCUT2D eigenvalue weighted by molar-refractivity contribution is 14.0. The smallest absolute Gasteiger partial charge is 0.191 e. The van der Waals surface area contributed by atoms with Crippen molar-refractivity contribution < 1.29 is 4.21 Å². The maximum Gasteiger partial charge on any atom is 0.191 e. The average molecular weight is 513 g/mol. The first-order valence-electron chi connectivity index (χ1n) is 10.6. The first-order chi connectivity index (χ1) is 12.5. The second-order valence-electron chi connectivity index (χ2n) is 8.36. The molecule has 2 fully saturated rings. The molecule has 0 spiro atoms. The Morgan fingerprint density at radius 2 is 1.89 bits per heavy atom. The SMILES string of the molecule is CCS(=O)C1CCCC(NC(=NC)NCCCN2CC(C)CC(C)C2)C1.I. The summed E-state index contributed by atoms with van der Waals surface area (Å²) < 4.78 is 12.1. The molecule has 2 aliphatic rings. The van der Waals surface area contributed by atoms with Gasteiger partial charge in [0.25, 0.3) is 0 Å². The molecule has 1 saturated heterocycles. The Morgan fingerprint density at radius 1 is 1.19 bits per heavy atom. The monoisotopic (exact) mass is 512 g/mol. The lowest BCUT2D eigenvalue weighted by atomic mass is 9.92. The van der Waals surface area contributed by atoms with E-state index in [2.05, 4.69) is 34.4 Å². The van der Waals surface area contributed by atoms with Crippen molar-refractivity contribution in [2.75, 3.05) is 39.0 Å². The van der Waals surface area contributed by atoms with Crippen molar-refractivity contribution in [3.05, 3.63) is 0 Å². The number of hydrogen-bond donors (Lipinski definition) is 2. The van der Waals surface area contributed by atoms with E-state index in [1.807, 2.05) is 14.0 Å². The Hall–Kier alpha value is 0.110. The van der Waals surface area contributed by atoms with Crippen LogP contribution in [0.4, 0.5) is 0 Å². The van der Waals surface area contributed by atoms with Gasteiger partial charge in [-0.05, 0) is 50.5 Å². The number of halogens is 1. The molecule has 0 radical (unpaired) electrons. The van der Waals surface area contributed by atoms with Gasteiger partial charge in [-0.15, -0.1) is 24.0 Å². The van der Waals surface area contributed by atoms with Crippen molar-refractivity contribution in [2.45, 2.75) is 70.6 Å². The number of aliphatic imine (C=N–C) groups is 1. The van der Waals surface area contributed by atoms with Gasteiger partial charge < -0.3 is 15.5 Å². The van der Waals surface area contributed by atoms with Gasteiger partial charge in [0.2, 0.25) is 0 Å². The molecule has 0 bridgehead atoms. The van der Waals surface area contributed by atoms with Gasteiger partial charge in [0.05, 0.1) is 0 Å². The van der Waals surface area contributed by atoms with Gasteiger partial charge in [-0.3, -0.25) is 9.20 Å². The van der Waals surface area contributed by atoms with Crippen LogP contribution in [-0.4, -0.2) is 65.3 Å². The standard InChI is InChI=1S/C20H40N4OS.HI/c1-5-26(25)19-9-6-8-18(13-19)23-20(21-4)22-10-7-11-24-14-16(2)12-17(3)15-24;/h16-19H,5-15H2,1-4H3,(H2,21,22,23);1H. The van der Waals surface area contributed by atoms with Crippen LogP contribution in [0.2, 0.25) is 0 Å². The van der Waals surface area contributed by atoms with Gasteiger partial charge in [-0.2, -0.15) is 0 Å². The summed E-state index contributed by atoms with van der Waals surface area (Å²) in [7, 11) is 1.17. The molecular weight excluding hydrogens is 471 g/mol. The van der Waals surface area contributed by atoms with Gasteiger partial charge >= 0.3 is 0 Å². The molecule has 27 heavy (non-hydrogen) atoms. The van der Waals surface area contributed by atoms with Crippen molar-refractivity contribution >= 4 is 40.7 Å². The van der Waals surface area contributed by atoms with Crippen LogP contribution in [-0.2, 0) is 10.8 Å². The Labute approximate surface area is 186 Å². The maximum absolute atomic E-state index is 12.1. The molecular formula is C20H41IN4OS.